The molecule has 0 amide bonds. The van der Waals surface area contributed by atoms with Crippen molar-refractivity contribution in [2.75, 3.05) is 0 Å². The molecule has 3 heteroatoms. The van der Waals surface area contributed by atoms with Crippen molar-refractivity contribution in [3.05, 3.63) is 103 Å². The number of benzene rings is 3. The molecule has 0 aliphatic carbocycles. The van der Waals surface area contributed by atoms with E-state index in [0.717, 1.165) is 23.6 Å². The fraction of sp³-hybridized carbons (Fsp3) is 0.0870. The van der Waals surface area contributed by atoms with Crippen LogP contribution in [-0.2, 0) is 13.1 Å². The number of aromatic nitrogens is 2. The first-order valence-electron chi connectivity index (χ1n) is 8.79. The summed E-state index contributed by atoms with van der Waals surface area (Å²) in [6.45, 7) is 1.21. The molecule has 0 saturated carbocycles. The van der Waals surface area contributed by atoms with E-state index in [0.29, 0.717) is 6.54 Å². The largest absolute Gasteiger partial charge is 0.329 e. The van der Waals surface area contributed by atoms with Crippen LogP contribution in [0.25, 0.3) is 22.4 Å². The Kier molecular flexibility index (Phi) is 4.63. The van der Waals surface area contributed by atoms with Gasteiger partial charge >= 0.3 is 0 Å². The molecule has 1 aromatic heterocycles. The summed E-state index contributed by atoms with van der Waals surface area (Å²) in [7, 11) is 0. The van der Waals surface area contributed by atoms with Crippen LogP contribution >= 0.6 is 0 Å². The third kappa shape index (κ3) is 3.44. The van der Waals surface area contributed by atoms with E-state index in [1.807, 2.05) is 12.1 Å². The minimum absolute atomic E-state index is 0.426. The van der Waals surface area contributed by atoms with Gasteiger partial charge in [-0.15, -0.1) is 0 Å². The molecule has 3 nitrogen and oxygen atoms in total. The predicted octanol–water partition coefficient (Wildman–Crippen LogP) is 4.72. The number of imidazole rings is 1. The Labute approximate surface area is 153 Å². The maximum Gasteiger partial charge on any atom is 0.123 e. The fourth-order valence-electron chi connectivity index (χ4n) is 3.14. The summed E-state index contributed by atoms with van der Waals surface area (Å²) in [6, 6.07) is 29.3. The van der Waals surface area contributed by atoms with Gasteiger partial charge in [-0.2, -0.15) is 0 Å². The number of nitrogens with zero attached hydrogens (tertiary/aromatic N) is 2. The lowest BCUT2D eigenvalue weighted by Gasteiger charge is -2.05. The molecule has 3 aromatic carbocycles. The zero-order valence-electron chi connectivity index (χ0n) is 14.5. The second kappa shape index (κ2) is 7.38. The van der Waals surface area contributed by atoms with E-state index in [9.17, 15) is 0 Å². The Morgan fingerprint density at radius 1 is 0.692 bits per heavy atom. The monoisotopic (exact) mass is 339 g/mol. The molecule has 0 saturated heterocycles. The highest BCUT2D eigenvalue weighted by Crippen LogP contribution is 2.24. The summed E-state index contributed by atoms with van der Waals surface area (Å²) in [5.41, 5.74) is 11.6. The van der Waals surface area contributed by atoms with Crippen LogP contribution in [0.2, 0.25) is 0 Å². The van der Waals surface area contributed by atoms with Crippen LogP contribution in [0.1, 0.15) is 11.4 Å². The van der Waals surface area contributed by atoms with Gasteiger partial charge < -0.3 is 10.3 Å². The average molecular weight is 339 g/mol. The Morgan fingerprint density at radius 2 is 1.27 bits per heavy atom. The van der Waals surface area contributed by atoms with Crippen molar-refractivity contribution < 1.29 is 0 Å². The zero-order chi connectivity index (χ0) is 17.8. The first kappa shape index (κ1) is 16.3. The van der Waals surface area contributed by atoms with Gasteiger partial charge in [-0.25, -0.2) is 4.98 Å². The summed E-state index contributed by atoms with van der Waals surface area (Å²) in [5.74, 6) is 0.899. The molecule has 4 rings (SSSR count). The minimum atomic E-state index is 0.426. The van der Waals surface area contributed by atoms with E-state index in [1.54, 1.807) is 0 Å². The van der Waals surface area contributed by atoms with Crippen molar-refractivity contribution in [2.24, 2.45) is 5.73 Å². The molecule has 0 fully saturated rings. The molecular weight excluding hydrogens is 318 g/mol. The van der Waals surface area contributed by atoms with Crippen molar-refractivity contribution in [3.8, 4) is 22.4 Å². The van der Waals surface area contributed by atoms with Crippen molar-refractivity contribution in [2.45, 2.75) is 13.1 Å². The summed E-state index contributed by atoms with van der Waals surface area (Å²) >= 11 is 0. The van der Waals surface area contributed by atoms with Gasteiger partial charge in [-0.3, -0.25) is 0 Å². The zero-order valence-corrected chi connectivity index (χ0v) is 14.5. The van der Waals surface area contributed by atoms with Gasteiger partial charge in [0.2, 0.25) is 0 Å². The highest BCUT2D eigenvalue weighted by atomic mass is 15.1. The topological polar surface area (TPSA) is 43.8 Å². The minimum Gasteiger partial charge on any atom is -0.329 e. The van der Waals surface area contributed by atoms with Gasteiger partial charge in [0, 0.05) is 18.3 Å². The van der Waals surface area contributed by atoms with Gasteiger partial charge in [-0.1, -0.05) is 84.9 Å². The van der Waals surface area contributed by atoms with Crippen molar-refractivity contribution in [3.63, 3.8) is 0 Å². The molecule has 0 aliphatic heterocycles. The molecule has 0 aliphatic rings. The highest BCUT2D eigenvalue weighted by Gasteiger charge is 2.09. The SMILES string of the molecule is NCc1nc(-c2ccc(-c3ccccc3)cc2)cn1Cc1ccccc1. The Hall–Kier alpha value is -3.17. The van der Waals surface area contributed by atoms with E-state index in [1.165, 1.54) is 16.7 Å². The number of nitrogens with two attached hydrogens (primary N) is 1. The predicted molar refractivity (Wildman–Crippen MR) is 107 cm³/mol. The molecule has 0 spiro atoms. The molecule has 0 bridgehead atoms. The number of hydrogen-bond donors (Lipinski definition) is 1. The summed E-state index contributed by atoms with van der Waals surface area (Å²) in [6.07, 6.45) is 2.09. The molecule has 128 valence electrons. The second-order valence-corrected chi connectivity index (χ2v) is 6.30. The van der Waals surface area contributed by atoms with Crippen LogP contribution in [0.4, 0.5) is 0 Å². The molecule has 26 heavy (non-hydrogen) atoms. The van der Waals surface area contributed by atoms with Crippen LogP contribution in [0, 0.1) is 0 Å². The van der Waals surface area contributed by atoms with Crippen molar-refractivity contribution in [1.82, 2.24) is 9.55 Å². The standard InChI is InChI=1S/C23H21N3/c24-15-23-25-22(17-26(23)16-18-7-3-1-4-8-18)21-13-11-20(12-14-21)19-9-5-2-6-10-19/h1-14,17H,15-16,24H2. The van der Waals surface area contributed by atoms with Crippen molar-refractivity contribution in [1.29, 1.82) is 0 Å². The summed E-state index contributed by atoms with van der Waals surface area (Å²) in [5, 5.41) is 0. The normalized spacial score (nSPS) is 10.8. The van der Waals surface area contributed by atoms with E-state index in [4.69, 9.17) is 10.7 Å². The van der Waals surface area contributed by atoms with E-state index < -0.39 is 0 Å². The summed E-state index contributed by atoms with van der Waals surface area (Å²) in [4.78, 5) is 4.74. The van der Waals surface area contributed by atoms with E-state index in [-0.39, 0.29) is 0 Å². The third-order valence-electron chi connectivity index (χ3n) is 4.53. The van der Waals surface area contributed by atoms with Crippen LogP contribution in [-0.4, -0.2) is 9.55 Å². The van der Waals surface area contributed by atoms with Gasteiger partial charge in [0.05, 0.1) is 12.2 Å². The quantitative estimate of drug-likeness (QED) is 0.571. The maximum absolute atomic E-state index is 5.91. The van der Waals surface area contributed by atoms with Gasteiger partial charge in [0.25, 0.3) is 0 Å². The Morgan fingerprint density at radius 3 is 1.92 bits per heavy atom. The first-order valence-corrected chi connectivity index (χ1v) is 8.79. The number of rotatable bonds is 5. The lowest BCUT2D eigenvalue weighted by molar-refractivity contribution is 0.724. The molecule has 4 aromatic rings. The summed E-state index contributed by atoms with van der Waals surface area (Å²) < 4.78 is 2.13. The van der Waals surface area contributed by atoms with E-state index >= 15 is 0 Å². The Balaban J connectivity index is 1.62. The third-order valence-corrected chi connectivity index (χ3v) is 4.53. The van der Waals surface area contributed by atoms with Gasteiger partial charge in [0.1, 0.15) is 5.82 Å². The fourth-order valence-corrected chi connectivity index (χ4v) is 3.14. The first-order chi connectivity index (χ1) is 12.8. The lowest BCUT2D eigenvalue weighted by atomic mass is 10.0. The molecule has 0 unspecified atom stereocenters. The van der Waals surface area contributed by atoms with E-state index in [2.05, 4.69) is 83.6 Å². The highest BCUT2D eigenvalue weighted by molar-refractivity contribution is 5.68. The lowest BCUT2D eigenvalue weighted by Crippen LogP contribution is -2.08. The maximum atomic E-state index is 5.91. The molecule has 1 heterocycles. The Bertz CT molecular complexity index is 971. The molecule has 2 N–H and O–H groups in total. The van der Waals surface area contributed by atoms with Gasteiger partial charge in [0.15, 0.2) is 0 Å². The number of hydrogen-bond acceptors (Lipinski definition) is 2. The smallest absolute Gasteiger partial charge is 0.123 e. The van der Waals surface area contributed by atoms with Crippen LogP contribution in [0.5, 0.6) is 0 Å². The second-order valence-electron chi connectivity index (χ2n) is 6.30. The molecular formula is C23H21N3. The van der Waals surface area contributed by atoms with Gasteiger partial charge in [-0.05, 0) is 16.7 Å². The van der Waals surface area contributed by atoms with Crippen molar-refractivity contribution >= 4 is 0 Å². The molecule has 0 atom stereocenters. The van der Waals surface area contributed by atoms with Crippen LogP contribution < -0.4 is 5.73 Å². The average Bonchev–Trinajstić information content (AvgIpc) is 3.12. The molecule has 0 radical (unpaired) electrons. The van der Waals surface area contributed by atoms with Crippen LogP contribution in [0.15, 0.2) is 91.1 Å². The van der Waals surface area contributed by atoms with Crippen LogP contribution in [0.3, 0.4) is 0 Å².